The lowest BCUT2D eigenvalue weighted by Crippen LogP contribution is -2.38. The number of nitrogens with zero attached hydrogens (tertiary/aromatic N) is 5. The highest BCUT2D eigenvalue weighted by molar-refractivity contribution is 5.85. The summed E-state index contributed by atoms with van der Waals surface area (Å²) in [5, 5.41) is 4.66. The normalized spacial score (nSPS) is 11.7. The van der Waals surface area contributed by atoms with Crippen LogP contribution in [0.4, 0.5) is 5.82 Å². The van der Waals surface area contributed by atoms with Crippen LogP contribution in [0.15, 0.2) is 53.7 Å². The average Bonchev–Trinajstić information content (AvgIpc) is 3.06. The molecule has 0 spiro atoms. The predicted molar refractivity (Wildman–Crippen MR) is 113 cm³/mol. The van der Waals surface area contributed by atoms with Crippen LogP contribution in [-0.4, -0.2) is 48.6 Å². The van der Waals surface area contributed by atoms with Crippen LogP contribution >= 0.6 is 0 Å². The fraction of sp³-hybridized carbons (Fsp3) is 0.333. The molecule has 0 aliphatic rings. The summed E-state index contributed by atoms with van der Waals surface area (Å²) in [4.78, 5) is 13.3. The summed E-state index contributed by atoms with van der Waals surface area (Å²) in [6.07, 6.45) is 2.06. The standard InChI is InChI=1S/C21H28N6/c1-22-21(27(5)15-17-9-8-12-26(17)4)23-14-16-13-20(25(2)3)24-19-11-7-6-10-18(16)19/h6-13H,14-15H2,1-5H3,(H,22,23). The van der Waals surface area contributed by atoms with E-state index in [1.807, 2.05) is 32.1 Å². The smallest absolute Gasteiger partial charge is 0.194 e. The van der Waals surface area contributed by atoms with Crippen LogP contribution in [0.25, 0.3) is 10.9 Å². The van der Waals surface area contributed by atoms with Crippen LogP contribution in [0.2, 0.25) is 0 Å². The van der Waals surface area contributed by atoms with Crippen LogP contribution in [-0.2, 0) is 20.1 Å². The topological polar surface area (TPSA) is 48.7 Å². The van der Waals surface area contributed by atoms with Crippen LogP contribution < -0.4 is 10.2 Å². The Morgan fingerprint density at radius 3 is 2.59 bits per heavy atom. The minimum atomic E-state index is 0.689. The number of nitrogens with one attached hydrogen (secondary N) is 1. The highest BCUT2D eigenvalue weighted by Crippen LogP contribution is 2.22. The van der Waals surface area contributed by atoms with Crippen molar-refractivity contribution >= 4 is 22.7 Å². The van der Waals surface area contributed by atoms with Crippen molar-refractivity contribution in [3.05, 3.63) is 59.9 Å². The van der Waals surface area contributed by atoms with E-state index in [0.717, 1.165) is 29.2 Å². The van der Waals surface area contributed by atoms with Gasteiger partial charge in [0.2, 0.25) is 0 Å². The number of hydrogen-bond donors (Lipinski definition) is 1. The molecule has 0 atom stereocenters. The number of para-hydroxylation sites is 1. The van der Waals surface area contributed by atoms with Gasteiger partial charge in [-0.2, -0.15) is 0 Å². The Hall–Kier alpha value is -3.02. The first-order valence-corrected chi connectivity index (χ1v) is 9.07. The van der Waals surface area contributed by atoms with Crippen molar-refractivity contribution in [2.75, 3.05) is 33.1 Å². The molecule has 0 saturated heterocycles. The fourth-order valence-electron chi connectivity index (χ4n) is 3.14. The lowest BCUT2D eigenvalue weighted by Gasteiger charge is -2.23. The highest BCUT2D eigenvalue weighted by Gasteiger charge is 2.11. The molecule has 0 aliphatic heterocycles. The molecular formula is C21H28N6. The maximum atomic E-state index is 4.73. The quantitative estimate of drug-likeness (QED) is 0.559. The summed E-state index contributed by atoms with van der Waals surface area (Å²) in [7, 11) is 9.96. The Balaban J connectivity index is 1.79. The van der Waals surface area contributed by atoms with Crippen molar-refractivity contribution in [3.8, 4) is 0 Å². The molecule has 142 valence electrons. The molecule has 6 heteroatoms. The van der Waals surface area contributed by atoms with Gasteiger partial charge >= 0.3 is 0 Å². The first-order chi connectivity index (χ1) is 13.0. The van der Waals surface area contributed by atoms with Gasteiger partial charge in [-0.1, -0.05) is 18.2 Å². The van der Waals surface area contributed by atoms with Gasteiger partial charge < -0.3 is 19.7 Å². The Bertz CT molecular complexity index is 941. The van der Waals surface area contributed by atoms with Gasteiger partial charge in [-0.3, -0.25) is 4.99 Å². The molecule has 0 unspecified atom stereocenters. The van der Waals surface area contributed by atoms with Gasteiger partial charge in [0.25, 0.3) is 0 Å². The van der Waals surface area contributed by atoms with Crippen LogP contribution in [0, 0.1) is 0 Å². The van der Waals surface area contributed by atoms with E-state index in [2.05, 4.69) is 76.5 Å². The molecule has 0 aliphatic carbocycles. The second-order valence-corrected chi connectivity index (χ2v) is 6.92. The molecule has 2 heterocycles. The van der Waals surface area contributed by atoms with Gasteiger partial charge in [-0.15, -0.1) is 0 Å². The van der Waals surface area contributed by atoms with Crippen LogP contribution in [0.1, 0.15) is 11.3 Å². The maximum absolute atomic E-state index is 4.73. The molecule has 1 aromatic carbocycles. The first kappa shape index (κ1) is 18.8. The van der Waals surface area contributed by atoms with E-state index >= 15 is 0 Å². The number of aryl methyl sites for hydroxylation is 1. The van der Waals surface area contributed by atoms with E-state index in [0.29, 0.717) is 6.54 Å². The van der Waals surface area contributed by atoms with Crippen molar-refractivity contribution in [2.24, 2.45) is 12.0 Å². The number of aromatic nitrogens is 2. The lowest BCUT2D eigenvalue weighted by molar-refractivity contribution is 0.462. The molecule has 0 amide bonds. The molecule has 0 fully saturated rings. The summed E-state index contributed by atoms with van der Waals surface area (Å²) in [5.74, 6) is 1.82. The third-order valence-corrected chi connectivity index (χ3v) is 4.71. The second kappa shape index (κ2) is 8.12. The average molecular weight is 364 g/mol. The van der Waals surface area contributed by atoms with E-state index in [-0.39, 0.29) is 0 Å². The molecule has 0 radical (unpaired) electrons. The van der Waals surface area contributed by atoms with Gasteiger partial charge in [0.1, 0.15) is 5.82 Å². The largest absolute Gasteiger partial charge is 0.363 e. The van der Waals surface area contributed by atoms with E-state index in [1.54, 1.807) is 0 Å². The van der Waals surface area contributed by atoms with Crippen LogP contribution in [0.3, 0.4) is 0 Å². The Morgan fingerprint density at radius 2 is 1.93 bits per heavy atom. The number of fused-ring (bicyclic) bond motifs is 1. The van der Waals surface area contributed by atoms with Crippen molar-refractivity contribution in [1.82, 2.24) is 19.8 Å². The summed E-state index contributed by atoms with van der Waals surface area (Å²) in [6, 6.07) is 14.6. The summed E-state index contributed by atoms with van der Waals surface area (Å²) in [5.41, 5.74) is 3.45. The second-order valence-electron chi connectivity index (χ2n) is 6.92. The number of benzene rings is 1. The van der Waals surface area contributed by atoms with Gasteiger partial charge in [0.05, 0.1) is 12.1 Å². The van der Waals surface area contributed by atoms with Crippen molar-refractivity contribution in [1.29, 1.82) is 0 Å². The molecule has 3 aromatic rings. The molecular weight excluding hydrogens is 336 g/mol. The Labute approximate surface area is 161 Å². The number of rotatable bonds is 5. The molecule has 6 nitrogen and oxygen atoms in total. The first-order valence-electron chi connectivity index (χ1n) is 9.07. The van der Waals surface area contributed by atoms with E-state index < -0.39 is 0 Å². The number of anilines is 1. The Kier molecular flexibility index (Phi) is 5.64. The van der Waals surface area contributed by atoms with Crippen molar-refractivity contribution < 1.29 is 0 Å². The third kappa shape index (κ3) is 4.22. The van der Waals surface area contributed by atoms with Crippen molar-refractivity contribution in [2.45, 2.75) is 13.1 Å². The number of aliphatic imine (C=N–C) groups is 1. The maximum Gasteiger partial charge on any atom is 0.194 e. The zero-order valence-corrected chi connectivity index (χ0v) is 16.8. The number of pyridine rings is 1. The van der Waals surface area contributed by atoms with Gasteiger partial charge in [-0.05, 0) is 29.8 Å². The number of guanidine groups is 1. The van der Waals surface area contributed by atoms with E-state index in [1.165, 1.54) is 11.3 Å². The molecule has 2 aromatic heterocycles. The zero-order valence-electron chi connectivity index (χ0n) is 16.8. The minimum absolute atomic E-state index is 0.689. The molecule has 27 heavy (non-hydrogen) atoms. The fourth-order valence-corrected chi connectivity index (χ4v) is 3.14. The van der Waals surface area contributed by atoms with Crippen LogP contribution in [0.5, 0.6) is 0 Å². The molecule has 1 N–H and O–H groups in total. The summed E-state index contributed by atoms with van der Waals surface area (Å²) < 4.78 is 2.13. The monoisotopic (exact) mass is 364 g/mol. The van der Waals surface area contributed by atoms with Gasteiger partial charge in [0, 0.05) is 59.1 Å². The van der Waals surface area contributed by atoms with E-state index in [9.17, 15) is 0 Å². The molecule has 3 rings (SSSR count). The van der Waals surface area contributed by atoms with Gasteiger partial charge in [-0.25, -0.2) is 4.98 Å². The Morgan fingerprint density at radius 1 is 1.15 bits per heavy atom. The SMILES string of the molecule is CN=C(NCc1cc(N(C)C)nc2ccccc12)N(C)Cc1cccn1C. The minimum Gasteiger partial charge on any atom is -0.363 e. The van der Waals surface area contributed by atoms with E-state index in [4.69, 9.17) is 4.98 Å². The highest BCUT2D eigenvalue weighted by atomic mass is 15.3. The van der Waals surface area contributed by atoms with Crippen molar-refractivity contribution in [3.63, 3.8) is 0 Å². The summed E-state index contributed by atoms with van der Waals surface area (Å²) >= 11 is 0. The zero-order chi connectivity index (χ0) is 19.4. The number of hydrogen-bond acceptors (Lipinski definition) is 3. The lowest BCUT2D eigenvalue weighted by atomic mass is 10.1. The summed E-state index contributed by atoms with van der Waals surface area (Å²) in [6.45, 7) is 1.48. The molecule has 0 saturated carbocycles. The predicted octanol–water partition coefficient (Wildman–Crippen LogP) is 2.85. The molecule has 0 bridgehead atoms. The van der Waals surface area contributed by atoms with Gasteiger partial charge in [0.15, 0.2) is 5.96 Å². The third-order valence-electron chi connectivity index (χ3n) is 4.71.